The molecule has 2 aromatic heterocycles. The molecule has 0 spiro atoms. The lowest BCUT2D eigenvalue weighted by Gasteiger charge is -2.13. The van der Waals surface area contributed by atoms with Crippen LogP contribution in [0.4, 0.5) is 13.2 Å². The third kappa shape index (κ3) is 3.08. The predicted molar refractivity (Wildman–Crippen MR) is 90.3 cm³/mol. The first-order chi connectivity index (χ1) is 11.9. The van der Waals surface area contributed by atoms with Crippen LogP contribution in [0.1, 0.15) is 34.7 Å². The number of ether oxygens (including phenoxy) is 1. The highest BCUT2D eigenvalue weighted by atomic mass is 32.1. The van der Waals surface area contributed by atoms with Crippen molar-refractivity contribution < 1.29 is 17.9 Å². The third-order valence-corrected chi connectivity index (χ3v) is 5.45. The number of thiophene rings is 1. The molecule has 0 unspecified atom stereocenters. The molecule has 0 aliphatic heterocycles. The number of hydrogen-bond donors (Lipinski definition) is 0. The lowest BCUT2D eigenvalue weighted by Crippen LogP contribution is -2.05. The SMILES string of the molecule is Cc1nc(Oc2cccc(C(F)(F)F)c2)c2c3c(sc2n1)CCCC3. The van der Waals surface area contributed by atoms with E-state index in [1.165, 1.54) is 22.6 Å². The van der Waals surface area contributed by atoms with Gasteiger partial charge in [-0.25, -0.2) is 4.98 Å². The summed E-state index contributed by atoms with van der Waals surface area (Å²) >= 11 is 1.63. The molecule has 0 radical (unpaired) electrons. The van der Waals surface area contributed by atoms with E-state index < -0.39 is 11.7 Å². The highest BCUT2D eigenvalue weighted by molar-refractivity contribution is 7.18. The second-order valence-electron chi connectivity index (χ2n) is 6.09. The van der Waals surface area contributed by atoms with Crippen LogP contribution in [0.25, 0.3) is 10.2 Å². The van der Waals surface area contributed by atoms with Crippen molar-refractivity contribution in [2.24, 2.45) is 0 Å². The molecular formula is C18H15F3N2OS. The molecule has 0 amide bonds. The maximum atomic E-state index is 12.9. The summed E-state index contributed by atoms with van der Waals surface area (Å²) in [7, 11) is 0. The molecule has 4 rings (SSSR count). The highest BCUT2D eigenvalue weighted by Crippen LogP contribution is 2.41. The van der Waals surface area contributed by atoms with Gasteiger partial charge in [0, 0.05) is 4.88 Å². The zero-order chi connectivity index (χ0) is 17.6. The highest BCUT2D eigenvalue weighted by Gasteiger charge is 2.31. The minimum absolute atomic E-state index is 0.130. The van der Waals surface area contributed by atoms with Gasteiger partial charge in [-0.05, 0) is 56.4 Å². The topological polar surface area (TPSA) is 35.0 Å². The Hall–Kier alpha value is -2.15. The predicted octanol–water partition coefficient (Wildman–Crippen LogP) is 5.69. The van der Waals surface area contributed by atoms with Crippen LogP contribution >= 0.6 is 11.3 Å². The van der Waals surface area contributed by atoms with Gasteiger partial charge in [0.2, 0.25) is 5.88 Å². The molecule has 3 aromatic rings. The van der Waals surface area contributed by atoms with Gasteiger partial charge >= 0.3 is 6.18 Å². The number of nitrogens with zero attached hydrogens (tertiary/aromatic N) is 2. The molecule has 2 heterocycles. The van der Waals surface area contributed by atoms with Crippen molar-refractivity contribution in [3.63, 3.8) is 0 Å². The maximum Gasteiger partial charge on any atom is 0.416 e. The van der Waals surface area contributed by atoms with Crippen LogP contribution in [0.2, 0.25) is 0 Å². The summed E-state index contributed by atoms with van der Waals surface area (Å²) in [5.74, 6) is 1.03. The summed E-state index contributed by atoms with van der Waals surface area (Å²) in [6, 6.07) is 4.88. The second-order valence-corrected chi connectivity index (χ2v) is 7.18. The Labute approximate surface area is 146 Å². The Bertz CT molecular complexity index is 949. The lowest BCUT2D eigenvalue weighted by molar-refractivity contribution is -0.137. The van der Waals surface area contributed by atoms with Crippen LogP contribution in [0.15, 0.2) is 24.3 Å². The van der Waals surface area contributed by atoms with E-state index in [0.717, 1.165) is 48.0 Å². The van der Waals surface area contributed by atoms with Crippen molar-refractivity contribution in [1.29, 1.82) is 0 Å². The van der Waals surface area contributed by atoms with E-state index in [9.17, 15) is 13.2 Å². The quantitative estimate of drug-likeness (QED) is 0.586. The summed E-state index contributed by atoms with van der Waals surface area (Å²) in [6.45, 7) is 1.76. The van der Waals surface area contributed by atoms with E-state index in [0.29, 0.717) is 11.7 Å². The van der Waals surface area contributed by atoms with Gasteiger partial charge in [-0.15, -0.1) is 11.3 Å². The van der Waals surface area contributed by atoms with Crippen molar-refractivity contribution in [3.8, 4) is 11.6 Å². The summed E-state index contributed by atoms with van der Waals surface area (Å²) < 4.78 is 44.5. The zero-order valence-corrected chi connectivity index (χ0v) is 14.3. The number of rotatable bonds is 2. The molecule has 3 nitrogen and oxygen atoms in total. The van der Waals surface area contributed by atoms with Crippen LogP contribution < -0.4 is 4.74 Å². The van der Waals surface area contributed by atoms with Crippen LogP contribution in [-0.2, 0) is 19.0 Å². The zero-order valence-electron chi connectivity index (χ0n) is 13.5. The molecule has 0 atom stereocenters. The molecule has 1 aromatic carbocycles. The Morgan fingerprint density at radius 1 is 1.12 bits per heavy atom. The number of aryl methyl sites for hydroxylation is 3. The Balaban J connectivity index is 1.80. The van der Waals surface area contributed by atoms with Crippen LogP contribution in [0, 0.1) is 6.92 Å². The molecule has 0 bridgehead atoms. The smallest absolute Gasteiger partial charge is 0.416 e. The molecule has 0 saturated carbocycles. The van der Waals surface area contributed by atoms with E-state index in [1.54, 1.807) is 18.3 Å². The summed E-state index contributed by atoms with van der Waals surface area (Å²) in [5.41, 5.74) is 0.451. The van der Waals surface area contributed by atoms with E-state index in [2.05, 4.69) is 9.97 Å². The van der Waals surface area contributed by atoms with Crippen LogP contribution in [0.5, 0.6) is 11.6 Å². The average molecular weight is 364 g/mol. The van der Waals surface area contributed by atoms with E-state index in [-0.39, 0.29) is 5.75 Å². The standard InChI is InChI=1S/C18H15F3N2OS/c1-10-22-16(24-12-6-4-5-11(9-12)18(19,20)21)15-13-7-2-3-8-14(13)25-17(15)23-10/h4-6,9H,2-3,7-8H2,1H3. The summed E-state index contributed by atoms with van der Waals surface area (Å²) in [4.78, 5) is 11.0. The molecule has 7 heteroatoms. The van der Waals surface area contributed by atoms with E-state index in [4.69, 9.17) is 4.74 Å². The van der Waals surface area contributed by atoms with Gasteiger partial charge in [-0.3, -0.25) is 0 Å². The second kappa shape index (κ2) is 5.98. The van der Waals surface area contributed by atoms with Crippen molar-refractivity contribution >= 4 is 21.6 Å². The fourth-order valence-electron chi connectivity index (χ4n) is 3.15. The van der Waals surface area contributed by atoms with E-state index >= 15 is 0 Å². The monoisotopic (exact) mass is 364 g/mol. The minimum Gasteiger partial charge on any atom is -0.438 e. The van der Waals surface area contributed by atoms with Gasteiger partial charge in [-0.2, -0.15) is 18.2 Å². The number of hydrogen-bond acceptors (Lipinski definition) is 4. The van der Waals surface area contributed by atoms with Gasteiger partial charge in [0.1, 0.15) is 16.4 Å². The molecule has 0 saturated heterocycles. The van der Waals surface area contributed by atoms with Crippen molar-refractivity contribution in [3.05, 3.63) is 46.1 Å². The van der Waals surface area contributed by atoms with Gasteiger partial charge in [0.25, 0.3) is 0 Å². The van der Waals surface area contributed by atoms with Crippen molar-refractivity contribution in [2.45, 2.75) is 38.8 Å². The van der Waals surface area contributed by atoms with E-state index in [1.807, 2.05) is 0 Å². The fourth-order valence-corrected chi connectivity index (χ4v) is 4.44. The maximum absolute atomic E-state index is 12.9. The largest absolute Gasteiger partial charge is 0.438 e. The number of halogens is 3. The molecule has 0 fully saturated rings. The minimum atomic E-state index is -4.40. The molecule has 25 heavy (non-hydrogen) atoms. The summed E-state index contributed by atoms with van der Waals surface area (Å²) in [6.07, 6.45) is -0.220. The Kier molecular flexibility index (Phi) is 3.91. The van der Waals surface area contributed by atoms with Gasteiger partial charge in [-0.1, -0.05) is 6.07 Å². The number of aromatic nitrogens is 2. The van der Waals surface area contributed by atoms with Crippen LogP contribution in [-0.4, -0.2) is 9.97 Å². The first-order valence-corrected chi connectivity index (χ1v) is 8.87. The molecule has 1 aliphatic rings. The molecule has 130 valence electrons. The molecule has 1 aliphatic carbocycles. The first kappa shape index (κ1) is 16.3. The first-order valence-electron chi connectivity index (χ1n) is 8.06. The Morgan fingerprint density at radius 2 is 1.92 bits per heavy atom. The van der Waals surface area contributed by atoms with Crippen molar-refractivity contribution in [2.75, 3.05) is 0 Å². The summed E-state index contributed by atoms with van der Waals surface area (Å²) in [5, 5.41) is 0.850. The van der Waals surface area contributed by atoms with Crippen LogP contribution in [0.3, 0.4) is 0 Å². The van der Waals surface area contributed by atoms with Crippen molar-refractivity contribution in [1.82, 2.24) is 9.97 Å². The number of alkyl halides is 3. The van der Waals surface area contributed by atoms with Gasteiger partial charge < -0.3 is 4.74 Å². The lowest BCUT2D eigenvalue weighted by atomic mass is 9.97. The average Bonchev–Trinajstić information content (AvgIpc) is 2.92. The number of benzene rings is 1. The third-order valence-electron chi connectivity index (χ3n) is 4.27. The number of fused-ring (bicyclic) bond motifs is 3. The Morgan fingerprint density at radius 3 is 2.72 bits per heavy atom. The fraction of sp³-hybridized carbons (Fsp3) is 0.333. The molecular weight excluding hydrogens is 349 g/mol. The normalized spacial score (nSPS) is 14.6. The molecule has 0 N–H and O–H groups in total. The van der Waals surface area contributed by atoms with Gasteiger partial charge in [0.15, 0.2) is 0 Å². The van der Waals surface area contributed by atoms with Gasteiger partial charge in [0.05, 0.1) is 10.9 Å².